The molecular formula is C14H21BrClN3O. The summed E-state index contributed by atoms with van der Waals surface area (Å²) in [5.74, 6) is 0.760. The molecule has 0 spiro atoms. The van der Waals surface area contributed by atoms with E-state index in [1.54, 1.807) is 7.11 Å². The zero-order valence-corrected chi connectivity index (χ0v) is 14.4. The van der Waals surface area contributed by atoms with Crippen LogP contribution in [0, 0.1) is 0 Å². The number of nitrogens with zero attached hydrogens (tertiary/aromatic N) is 1. The molecule has 112 valence electrons. The van der Waals surface area contributed by atoms with Crippen LogP contribution >= 0.6 is 27.5 Å². The van der Waals surface area contributed by atoms with Gasteiger partial charge in [0.15, 0.2) is 5.96 Å². The van der Waals surface area contributed by atoms with Crippen molar-refractivity contribution in [1.82, 2.24) is 10.6 Å². The topological polar surface area (TPSA) is 45.7 Å². The minimum atomic E-state index is 0.193. The fraction of sp³-hybridized carbons (Fsp3) is 0.500. The molecule has 0 aliphatic rings. The molecule has 0 fully saturated rings. The van der Waals surface area contributed by atoms with Crippen molar-refractivity contribution in [3.8, 4) is 0 Å². The van der Waals surface area contributed by atoms with Gasteiger partial charge in [0.25, 0.3) is 0 Å². The summed E-state index contributed by atoms with van der Waals surface area (Å²) in [7, 11) is 1.68. The van der Waals surface area contributed by atoms with Crippen molar-refractivity contribution >= 4 is 33.5 Å². The molecule has 1 atom stereocenters. The van der Waals surface area contributed by atoms with Gasteiger partial charge in [0, 0.05) is 29.2 Å². The summed E-state index contributed by atoms with van der Waals surface area (Å²) in [5.41, 5.74) is 0.992. The van der Waals surface area contributed by atoms with Gasteiger partial charge in [-0.25, -0.2) is 4.99 Å². The number of halogens is 2. The first-order valence-electron chi connectivity index (χ1n) is 6.54. The second kappa shape index (κ2) is 9.21. The molecule has 0 radical (unpaired) electrons. The maximum atomic E-state index is 6.19. The Hall–Kier alpha value is -0.780. The van der Waals surface area contributed by atoms with Crippen LogP contribution in [-0.4, -0.2) is 32.3 Å². The van der Waals surface area contributed by atoms with Gasteiger partial charge in [-0.2, -0.15) is 0 Å². The van der Waals surface area contributed by atoms with Crippen molar-refractivity contribution in [2.45, 2.75) is 26.4 Å². The second-order valence-electron chi connectivity index (χ2n) is 4.43. The smallest absolute Gasteiger partial charge is 0.191 e. The minimum Gasteiger partial charge on any atom is -0.383 e. The van der Waals surface area contributed by atoms with Crippen molar-refractivity contribution < 1.29 is 4.74 Å². The summed E-state index contributed by atoms with van der Waals surface area (Å²) in [6, 6.07) is 6.00. The number of guanidine groups is 1. The van der Waals surface area contributed by atoms with E-state index in [1.165, 1.54) is 0 Å². The Morgan fingerprint density at radius 1 is 1.50 bits per heavy atom. The van der Waals surface area contributed by atoms with Crippen molar-refractivity contribution in [1.29, 1.82) is 0 Å². The highest BCUT2D eigenvalue weighted by Crippen LogP contribution is 2.21. The van der Waals surface area contributed by atoms with Gasteiger partial charge in [0.2, 0.25) is 0 Å². The van der Waals surface area contributed by atoms with Crippen LogP contribution in [0.1, 0.15) is 19.4 Å². The van der Waals surface area contributed by atoms with E-state index in [0.717, 1.165) is 22.5 Å². The van der Waals surface area contributed by atoms with Crippen LogP contribution in [-0.2, 0) is 11.3 Å². The maximum absolute atomic E-state index is 6.19. The van der Waals surface area contributed by atoms with Crippen molar-refractivity contribution in [3.05, 3.63) is 33.3 Å². The van der Waals surface area contributed by atoms with Gasteiger partial charge in [-0.05, 0) is 31.5 Å². The van der Waals surface area contributed by atoms with Gasteiger partial charge in [-0.3, -0.25) is 0 Å². The Bertz CT molecular complexity index is 454. The zero-order valence-electron chi connectivity index (χ0n) is 12.0. The summed E-state index contributed by atoms with van der Waals surface area (Å²) < 4.78 is 6.07. The molecule has 1 unspecified atom stereocenters. The Morgan fingerprint density at radius 2 is 2.25 bits per heavy atom. The van der Waals surface area contributed by atoms with Crippen LogP contribution in [0.15, 0.2) is 27.7 Å². The van der Waals surface area contributed by atoms with Gasteiger partial charge in [0.05, 0.1) is 13.2 Å². The van der Waals surface area contributed by atoms with E-state index >= 15 is 0 Å². The fourth-order valence-corrected chi connectivity index (χ4v) is 2.39. The van der Waals surface area contributed by atoms with Crippen molar-refractivity contribution in [2.24, 2.45) is 4.99 Å². The number of ether oxygens (including phenoxy) is 1. The number of nitrogens with one attached hydrogen (secondary N) is 2. The first kappa shape index (κ1) is 17.3. The van der Waals surface area contributed by atoms with Gasteiger partial charge in [0.1, 0.15) is 0 Å². The molecule has 1 aromatic rings. The molecule has 1 rings (SSSR count). The molecule has 6 heteroatoms. The monoisotopic (exact) mass is 361 g/mol. The predicted molar refractivity (Wildman–Crippen MR) is 88.4 cm³/mol. The molecule has 0 aliphatic heterocycles. The Kier molecular flexibility index (Phi) is 7.95. The molecule has 0 aromatic heterocycles. The maximum Gasteiger partial charge on any atom is 0.191 e. The number of hydrogen-bond donors (Lipinski definition) is 2. The summed E-state index contributed by atoms with van der Waals surface area (Å²) in [5, 5.41) is 7.20. The SMILES string of the molecule is CCNC(=NCc1ccc(Br)cc1Cl)NC(C)COC. The molecule has 0 saturated heterocycles. The number of methoxy groups -OCH3 is 1. The molecule has 0 amide bonds. The largest absolute Gasteiger partial charge is 0.383 e. The normalized spacial score (nSPS) is 13.2. The van der Waals surface area contributed by atoms with Gasteiger partial charge in [-0.1, -0.05) is 33.6 Å². The number of aliphatic imine (C=N–C) groups is 1. The molecule has 1 aromatic carbocycles. The quantitative estimate of drug-likeness (QED) is 0.603. The van der Waals surface area contributed by atoms with Gasteiger partial charge >= 0.3 is 0 Å². The molecular weight excluding hydrogens is 342 g/mol. The van der Waals surface area contributed by atoms with E-state index in [0.29, 0.717) is 18.2 Å². The van der Waals surface area contributed by atoms with Gasteiger partial charge in [-0.15, -0.1) is 0 Å². The molecule has 2 N–H and O–H groups in total. The highest BCUT2D eigenvalue weighted by Gasteiger charge is 2.05. The van der Waals surface area contributed by atoms with Gasteiger partial charge < -0.3 is 15.4 Å². The number of benzene rings is 1. The fourth-order valence-electron chi connectivity index (χ4n) is 1.66. The summed E-state index contributed by atoms with van der Waals surface area (Å²) in [6.45, 7) is 6.04. The summed E-state index contributed by atoms with van der Waals surface area (Å²) in [6.07, 6.45) is 0. The zero-order chi connectivity index (χ0) is 15.0. The standard InChI is InChI=1S/C14H21BrClN3O/c1-4-17-14(19-10(2)9-20-3)18-8-11-5-6-12(15)7-13(11)16/h5-7,10H,4,8-9H2,1-3H3,(H2,17,18,19). The van der Waals surface area contributed by atoms with E-state index < -0.39 is 0 Å². The average Bonchev–Trinajstić information content (AvgIpc) is 2.38. The van der Waals surface area contributed by atoms with Crippen LogP contribution in [0.4, 0.5) is 0 Å². The van der Waals surface area contributed by atoms with E-state index in [1.807, 2.05) is 32.0 Å². The molecule has 0 aliphatic carbocycles. The van der Waals surface area contributed by atoms with Crippen LogP contribution in [0.2, 0.25) is 5.02 Å². The molecule has 20 heavy (non-hydrogen) atoms. The van der Waals surface area contributed by atoms with E-state index in [2.05, 4.69) is 31.6 Å². The molecule has 0 heterocycles. The second-order valence-corrected chi connectivity index (χ2v) is 5.75. The van der Waals surface area contributed by atoms with Crippen LogP contribution in [0.5, 0.6) is 0 Å². The number of rotatable bonds is 6. The van der Waals surface area contributed by atoms with Crippen molar-refractivity contribution in [3.63, 3.8) is 0 Å². The van der Waals surface area contributed by atoms with E-state index in [-0.39, 0.29) is 6.04 Å². The molecule has 4 nitrogen and oxygen atoms in total. The Morgan fingerprint density at radius 3 is 2.85 bits per heavy atom. The predicted octanol–water partition coefficient (Wildman–Crippen LogP) is 3.19. The highest BCUT2D eigenvalue weighted by molar-refractivity contribution is 9.10. The third kappa shape index (κ3) is 6.11. The number of hydrogen-bond acceptors (Lipinski definition) is 2. The van der Waals surface area contributed by atoms with E-state index in [4.69, 9.17) is 16.3 Å². The lowest BCUT2D eigenvalue weighted by Crippen LogP contribution is -2.43. The van der Waals surface area contributed by atoms with Crippen molar-refractivity contribution in [2.75, 3.05) is 20.3 Å². The third-order valence-electron chi connectivity index (χ3n) is 2.57. The summed E-state index contributed by atoms with van der Waals surface area (Å²) >= 11 is 9.58. The molecule has 0 saturated carbocycles. The third-order valence-corrected chi connectivity index (χ3v) is 3.41. The van der Waals surface area contributed by atoms with Crippen LogP contribution < -0.4 is 10.6 Å². The highest BCUT2D eigenvalue weighted by atomic mass is 79.9. The lowest BCUT2D eigenvalue weighted by molar-refractivity contribution is 0.179. The lowest BCUT2D eigenvalue weighted by Gasteiger charge is -2.17. The lowest BCUT2D eigenvalue weighted by atomic mass is 10.2. The minimum absolute atomic E-state index is 0.193. The Balaban J connectivity index is 2.70. The average molecular weight is 363 g/mol. The van der Waals surface area contributed by atoms with Crippen LogP contribution in [0.3, 0.4) is 0 Å². The summed E-state index contributed by atoms with van der Waals surface area (Å²) in [4.78, 5) is 4.54. The Labute approximate surface area is 134 Å². The van der Waals surface area contributed by atoms with Crippen LogP contribution in [0.25, 0.3) is 0 Å². The molecule has 0 bridgehead atoms. The van der Waals surface area contributed by atoms with E-state index in [9.17, 15) is 0 Å². The first-order chi connectivity index (χ1) is 9.56. The first-order valence-corrected chi connectivity index (χ1v) is 7.71.